The Hall–Kier alpha value is -1.14. The van der Waals surface area contributed by atoms with Gasteiger partial charge in [-0.2, -0.15) is 0 Å². The number of carboxylic acids is 2. The Morgan fingerprint density at radius 3 is 1.36 bits per heavy atom. The number of rotatable bonds is 6. The molecule has 0 saturated heterocycles. The number of aliphatic hydroxyl groups excluding tert-OH is 2. The van der Waals surface area contributed by atoms with Crippen molar-refractivity contribution in [2.45, 2.75) is 67.6 Å². The van der Waals surface area contributed by atoms with E-state index in [0.717, 1.165) is 0 Å². The first-order valence-electron chi connectivity index (χ1n) is 7.42. The summed E-state index contributed by atoms with van der Waals surface area (Å²) in [6.45, 7) is 13.3. The molecule has 0 bridgehead atoms. The van der Waals surface area contributed by atoms with Gasteiger partial charge in [0.2, 0.25) is 0 Å². The lowest BCUT2D eigenvalue weighted by atomic mass is 9.67. The summed E-state index contributed by atoms with van der Waals surface area (Å²) in [5.41, 5.74) is -2.14. The number of carbonyl (C=O) groups is 2. The lowest BCUT2D eigenvalue weighted by Gasteiger charge is -2.42. The summed E-state index contributed by atoms with van der Waals surface area (Å²) < 4.78 is 0. The molecule has 0 aliphatic heterocycles. The predicted octanol–water partition coefficient (Wildman–Crippen LogP) is 2.23. The number of aliphatic hydroxyl groups is 2. The smallest absolute Gasteiger partial charge is 0.311 e. The van der Waals surface area contributed by atoms with Crippen molar-refractivity contribution < 1.29 is 30.0 Å². The highest BCUT2D eigenvalue weighted by atomic mass is 16.4. The second-order valence-electron chi connectivity index (χ2n) is 7.43. The zero-order chi connectivity index (χ0) is 18.5. The van der Waals surface area contributed by atoms with Gasteiger partial charge in [0.05, 0.1) is 23.5 Å². The summed E-state index contributed by atoms with van der Waals surface area (Å²) in [7, 11) is 0. The molecule has 0 rings (SSSR count). The van der Waals surface area contributed by atoms with Gasteiger partial charge >= 0.3 is 11.9 Å². The van der Waals surface area contributed by atoms with E-state index in [2.05, 4.69) is 0 Å². The van der Waals surface area contributed by atoms with Gasteiger partial charge in [0.1, 0.15) is 0 Å². The number of aliphatic carboxylic acids is 2. The third-order valence-electron chi connectivity index (χ3n) is 3.83. The van der Waals surface area contributed by atoms with Crippen molar-refractivity contribution in [3.63, 3.8) is 0 Å². The van der Waals surface area contributed by atoms with Gasteiger partial charge in [-0.25, -0.2) is 0 Å². The number of hydrogen-bond acceptors (Lipinski definition) is 4. The van der Waals surface area contributed by atoms with Crippen LogP contribution >= 0.6 is 0 Å². The van der Waals surface area contributed by atoms with Gasteiger partial charge in [0.25, 0.3) is 0 Å². The number of hydrogen-bond donors (Lipinski definition) is 4. The monoisotopic (exact) mass is 320 g/mol. The van der Waals surface area contributed by atoms with Crippen LogP contribution in [-0.2, 0) is 9.59 Å². The molecular formula is C16H32O6. The van der Waals surface area contributed by atoms with Crippen LogP contribution in [-0.4, -0.2) is 44.6 Å². The summed E-state index contributed by atoms with van der Waals surface area (Å²) in [5, 5.41) is 37.2. The Balaban J connectivity index is 0. The molecule has 0 aromatic carbocycles. The third-order valence-corrected chi connectivity index (χ3v) is 3.83. The predicted molar refractivity (Wildman–Crippen MR) is 84.5 cm³/mol. The van der Waals surface area contributed by atoms with Crippen LogP contribution in [0.25, 0.3) is 0 Å². The molecule has 2 unspecified atom stereocenters. The van der Waals surface area contributed by atoms with E-state index in [1.165, 1.54) is 13.8 Å². The molecule has 6 heteroatoms. The topological polar surface area (TPSA) is 115 Å². The highest BCUT2D eigenvalue weighted by Crippen LogP contribution is 2.39. The molecule has 0 radical (unpaired) electrons. The maximum Gasteiger partial charge on any atom is 0.311 e. The first-order chi connectivity index (χ1) is 9.59. The van der Waals surface area contributed by atoms with Crippen LogP contribution in [0.3, 0.4) is 0 Å². The fourth-order valence-electron chi connectivity index (χ4n) is 2.07. The van der Waals surface area contributed by atoms with Crippen LogP contribution in [0.5, 0.6) is 0 Å². The van der Waals surface area contributed by atoms with Crippen LogP contribution in [0, 0.1) is 22.7 Å². The van der Waals surface area contributed by atoms with Crippen LogP contribution < -0.4 is 0 Å². The molecule has 2 atom stereocenters. The molecule has 132 valence electrons. The molecule has 0 aromatic heterocycles. The molecule has 6 nitrogen and oxygen atoms in total. The summed E-state index contributed by atoms with van der Waals surface area (Å²) in [6.07, 6.45) is -1.86. The summed E-state index contributed by atoms with van der Waals surface area (Å²) in [6, 6.07) is 0. The summed E-state index contributed by atoms with van der Waals surface area (Å²) in [4.78, 5) is 20.8. The fourth-order valence-corrected chi connectivity index (χ4v) is 2.07. The van der Waals surface area contributed by atoms with E-state index in [1.54, 1.807) is 27.7 Å². The van der Waals surface area contributed by atoms with Crippen molar-refractivity contribution >= 4 is 11.9 Å². The van der Waals surface area contributed by atoms with Gasteiger partial charge in [-0.1, -0.05) is 41.5 Å². The molecule has 0 fully saturated rings. The van der Waals surface area contributed by atoms with Gasteiger partial charge in [-0.3, -0.25) is 9.59 Å². The normalized spacial score (nSPS) is 15.1. The van der Waals surface area contributed by atoms with E-state index >= 15 is 0 Å². The molecule has 0 aliphatic carbocycles. The minimum Gasteiger partial charge on any atom is -0.481 e. The first-order valence-corrected chi connectivity index (χ1v) is 7.42. The SMILES string of the molecule is CC(C)C(=O)O.CC(C)C(O)C(C)(C)C(O)C(C)(C)C(=O)O. The van der Waals surface area contributed by atoms with E-state index < -0.39 is 35.0 Å². The van der Waals surface area contributed by atoms with Crippen molar-refractivity contribution in [2.75, 3.05) is 0 Å². The van der Waals surface area contributed by atoms with Crippen molar-refractivity contribution in [3.8, 4) is 0 Å². The van der Waals surface area contributed by atoms with Crippen LogP contribution in [0.15, 0.2) is 0 Å². The number of carboxylic acid groups (broad SMARTS) is 2. The van der Waals surface area contributed by atoms with Gasteiger partial charge in [-0.05, 0) is 19.8 Å². The van der Waals surface area contributed by atoms with Crippen molar-refractivity contribution in [1.82, 2.24) is 0 Å². The molecule has 0 spiro atoms. The highest BCUT2D eigenvalue weighted by Gasteiger charge is 2.48. The molecule has 0 aromatic rings. The largest absolute Gasteiger partial charge is 0.481 e. The lowest BCUT2D eigenvalue weighted by Crippen LogP contribution is -2.52. The average Bonchev–Trinajstić information content (AvgIpc) is 2.36. The van der Waals surface area contributed by atoms with E-state index in [9.17, 15) is 19.8 Å². The van der Waals surface area contributed by atoms with Crippen LogP contribution in [0.4, 0.5) is 0 Å². The van der Waals surface area contributed by atoms with Crippen LogP contribution in [0.1, 0.15) is 55.4 Å². The Morgan fingerprint density at radius 2 is 1.18 bits per heavy atom. The second kappa shape index (κ2) is 8.48. The Kier molecular flexibility index (Phi) is 8.92. The third kappa shape index (κ3) is 6.32. The quantitative estimate of drug-likeness (QED) is 0.596. The molecule has 22 heavy (non-hydrogen) atoms. The molecule has 0 amide bonds. The summed E-state index contributed by atoms with van der Waals surface area (Å²) >= 11 is 0. The highest BCUT2D eigenvalue weighted by molar-refractivity contribution is 5.74. The fraction of sp³-hybridized carbons (Fsp3) is 0.875. The minimum absolute atomic E-state index is 0.0331. The molecule has 4 N–H and O–H groups in total. The van der Waals surface area contributed by atoms with Gasteiger partial charge in [-0.15, -0.1) is 0 Å². The second-order valence-corrected chi connectivity index (χ2v) is 7.43. The average molecular weight is 320 g/mol. The molecule has 0 saturated carbocycles. The van der Waals surface area contributed by atoms with Gasteiger partial charge in [0, 0.05) is 5.41 Å². The Morgan fingerprint density at radius 1 is 0.864 bits per heavy atom. The Bertz CT molecular complexity index is 371. The zero-order valence-corrected chi connectivity index (χ0v) is 14.9. The van der Waals surface area contributed by atoms with Crippen molar-refractivity contribution in [2.24, 2.45) is 22.7 Å². The summed E-state index contributed by atoms with van der Waals surface area (Å²) in [5.74, 6) is -2.07. The molecule has 0 aliphatic rings. The van der Waals surface area contributed by atoms with E-state index in [-0.39, 0.29) is 11.8 Å². The van der Waals surface area contributed by atoms with Crippen LogP contribution in [0.2, 0.25) is 0 Å². The maximum atomic E-state index is 11.1. The maximum absolute atomic E-state index is 11.1. The molecular weight excluding hydrogens is 288 g/mol. The first kappa shape index (κ1) is 23.1. The van der Waals surface area contributed by atoms with E-state index in [1.807, 2.05) is 13.8 Å². The Labute approximate surface area is 133 Å². The zero-order valence-electron chi connectivity index (χ0n) is 14.9. The van der Waals surface area contributed by atoms with Gasteiger partial charge in [0.15, 0.2) is 0 Å². The molecule has 0 heterocycles. The van der Waals surface area contributed by atoms with Crippen molar-refractivity contribution in [1.29, 1.82) is 0 Å². The van der Waals surface area contributed by atoms with Crippen molar-refractivity contribution in [3.05, 3.63) is 0 Å². The minimum atomic E-state index is -1.28. The van der Waals surface area contributed by atoms with E-state index in [4.69, 9.17) is 10.2 Å². The van der Waals surface area contributed by atoms with Gasteiger partial charge < -0.3 is 20.4 Å². The van der Waals surface area contributed by atoms with E-state index in [0.29, 0.717) is 0 Å². The lowest BCUT2D eigenvalue weighted by molar-refractivity contribution is -0.167. The standard InChI is InChI=1S/C12H24O4.C4H8O2/c1-7(2)8(13)11(3,4)9(14)12(5,6)10(15)16;1-3(2)4(5)6/h7-9,13-14H,1-6H3,(H,15,16);3H,1-2H3,(H,5,6).